The standard InChI is InChI=1S/C14H12ClF5N3O3SSi/c1-23-6-8(27(25,26)22-28(2)14(18,19)20)5-11(23)13(24)21-7-3-9(15)12(17)10(16)4-7/h3-6,22H,1-2H3,(H,21,24). The van der Waals surface area contributed by atoms with E-state index in [1.807, 2.05) is 0 Å². The van der Waals surface area contributed by atoms with E-state index >= 15 is 0 Å². The van der Waals surface area contributed by atoms with Crippen LogP contribution in [0, 0.1) is 11.6 Å². The fourth-order valence-electron chi connectivity index (χ4n) is 2.05. The zero-order valence-electron chi connectivity index (χ0n) is 14.2. The molecular weight excluding hydrogens is 449 g/mol. The highest BCUT2D eigenvalue weighted by atomic mass is 35.5. The van der Waals surface area contributed by atoms with Crippen LogP contribution in [0.3, 0.4) is 0 Å². The first-order chi connectivity index (χ1) is 12.7. The molecule has 14 heteroatoms. The number of hydrogen-bond acceptors (Lipinski definition) is 3. The van der Waals surface area contributed by atoms with Gasteiger partial charge in [-0.25, -0.2) is 21.6 Å². The summed E-state index contributed by atoms with van der Waals surface area (Å²) in [6.45, 7) is 0.728. The summed E-state index contributed by atoms with van der Waals surface area (Å²) >= 11 is 5.48. The first-order valence-electron chi connectivity index (χ1n) is 7.28. The van der Waals surface area contributed by atoms with Crippen LogP contribution in [0.1, 0.15) is 10.5 Å². The van der Waals surface area contributed by atoms with E-state index in [2.05, 4.69) is 5.32 Å². The van der Waals surface area contributed by atoms with E-state index in [9.17, 15) is 35.2 Å². The minimum atomic E-state index is -4.70. The van der Waals surface area contributed by atoms with Crippen LogP contribution < -0.4 is 9.70 Å². The number of benzene rings is 1. The van der Waals surface area contributed by atoms with Gasteiger partial charge in [-0.15, -0.1) is 0 Å². The van der Waals surface area contributed by atoms with Gasteiger partial charge in [0, 0.05) is 25.0 Å². The third-order valence-electron chi connectivity index (χ3n) is 3.48. The Balaban J connectivity index is 2.27. The van der Waals surface area contributed by atoms with Gasteiger partial charge in [-0.2, -0.15) is 13.2 Å². The Morgan fingerprint density at radius 2 is 1.82 bits per heavy atom. The van der Waals surface area contributed by atoms with Crippen LogP contribution >= 0.6 is 11.6 Å². The van der Waals surface area contributed by atoms with Crippen molar-refractivity contribution in [3.8, 4) is 0 Å². The van der Waals surface area contributed by atoms with Crippen molar-refractivity contribution in [2.45, 2.75) is 17.2 Å². The van der Waals surface area contributed by atoms with Crippen LogP contribution in [-0.4, -0.2) is 33.6 Å². The number of nitrogens with zero attached hydrogens (tertiary/aromatic N) is 1. The molecule has 0 saturated carbocycles. The topological polar surface area (TPSA) is 80.2 Å². The van der Waals surface area contributed by atoms with Crippen LogP contribution in [0.4, 0.5) is 27.6 Å². The second-order valence-corrected chi connectivity index (χ2v) is 10.1. The summed E-state index contributed by atoms with van der Waals surface area (Å²) < 4.78 is 91.3. The maximum absolute atomic E-state index is 13.4. The van der Waals surface area contributed by atoms with Crippen LogP contribution in [0.2, 0.25) is 11.6 Å². The summed E-state index contributed by atoms with van der Waals surface area (Å²) in [5, 5.41) is 1.61. The molecule has 2 rings (SSSR count). The van der Waals surface area contributed by atoms with Crippen LogP contribution in [0.25, 0.3) is 0 Å². The largest absolute Gasteiger partial charge is 0.376 e. The molecule has 1 heterocycles. The zero-order valence-corrected chi connectivity index (χ0v) is 16.7. The van der Waals surface area contributed by atoms with Gasteiger partial charge in [-0.1, -0.05) is 11.6 Å². The first kappa shape index (κ1) is 22.3. The number of anilines is 1. The molecule has 0 unspecified atom stereocenters. The minimum Gasteiger partial charge on any atom is -0.345 e. The number of hydrogen-bond donors (Lipinski definition) is 2. The summed E-state index contributed by atoms with van der Waals surface area (Å²) in [5.74, 6) is -8.23. The van der Waals surface area contributed by atoms with Gasteiger partial charge >= 0.3 is 5.80 Å². The molecule has 1 aromatic heterocycles. The van der Waals surface area contributed by atoms with Gasteiger partial charge in [0.25, 0.3) is 14.9 Å². The van der Waals surface area contributed by atoms with Crippen molar-refractivity contribution in [3.63, 3.8) is 0 Å². The smallest absolute Gasteiger partial charge is 0.345 e. The molecule has 0 aliphatic carbocycles. The van der Waals surface area contributed by atoms with Gasteiger partial charge in [0.1, 0.15) is 5.69 Å². The van der Waals surface area contributed by atoms with Crippen molar-refractivity contribution >= 4 is 42.2 Å². The molecule has 1 radical (unpaired) electrons. The van der Waals surface area contributed by atoms with E-state index in [0.717, 1.165) is 29.4 Å². The van der Waals surface area contributed by atoms with Crippen molar-refractivity contribution in [2.24, 2.45) is 7.05 Å². The average molecular weight is 461 g/mol. The average Bonchev–Trinajstić information content (AvgIpc) is 2.94. The molecule has 0 bridgehead atoms. The van der Waals surface area contributed by atoms with Crippen molar-refractivity contribution in [1.82, 2.24) is 8.95 Å². The number of aryl methyl sites for hydroxylation is 1. The van der Waals surface area contributed by atoms with Crippen molar-refractivity contribution in [2.75, 3.05) is 5.32 Å². The van der Waals surface area contributed by atoms with E-state index in [1.165, 1.54) is 7.05 Å². The van der Waals surface area contributed by atoms with Gasteiger partial charge < -0.3 is 9.88 Å². The predicted molar refractivity (Wildman–Crippen MR) is 92.7 cm³/mol. The highest BCUT2D eigenvalue weighted by Gasteiger charge is 2.41. The lowest BCUT2D eigenvalue weighted by Crippen LogP contribution is -2.47. The number of alkyl halides is 3. The van der Waals surface area contributed by atoms with Gasteiger partial charge in [-0.3, -0.25) is 4.79 Å². The number of sulfonamides is 1. The normalized spacial score (nSPS) is 12.5. The van der Waals surface area contributed by atoms with E-state index < -0.39 is 52.2 Å². The lowest BCUT2D eigenvalue weighted by Gasteiger charge is -2.14. The monoisotopic (exact) mass is 460 g/mol. The molecule has 1 amide bonds. The molecule has 0 atom stereocenters. The van der Waals surface area contributed by atoms with Crippen molar-refractivity contribution in [3.05, 3.63) is 46.7 Å². The van der Waals surface area contributed by atoms with E-state index in [4.69, 9.17) is 11.6 Å². The fraction of sp³-hybridized carbons (Fsp3) is 0.214. The molecule has 6 nitrogen and oxygen atoms in total. The third kappa shape index (κ3) is 4.90. The number of carbonyl (C=O) groups is 1. The molecular formula is C14H12ClF5N3O3SSi. The lowest BCUT2D eigenvalue weighted by molar-refractivity contribution is -0.0521. The molecule has 28 heavy (non-hydrogen) atoms. The molecule has 2 N–H and O–H groups in total. The quantitative estimate of drug-likeness (QED) is 0.408. The Morgan fingerprint density at radius 1 is 1.21 bits per heavy atom. The Hall–Kier alpha value is -1.96. The van der Waals surface area contributed by atoms with Crippen molar-refractivity contribution in [1.29, 1.82) is 0 Å². The van der Waals surface area contributed by atoms with Crippen LogP contribution in [0.5, 0.6) is 0 Å². The summed E-state index contributed by atoms with van der Waals surface area (Å²) in [6.07, 6.45) is 0.945. The van der Waals surface area contributed by atoms with E-state index in [0.29, 0.717) is 6.07 Å². The SMILES string of the molecule is Cn1cc(S(=O)(=O)N[Si](C)C(F)(F)F)cc1C(=O)Nc1cc(F)c(F)c(Cl)c1. The Kier molecular flexibility index (Phi) is 6.23. The molecule has 0 saturated heterocycles. The molecule has 0 aliphatic rings. The van der Waals surface area contributed by atoms with E-state index in [-0.39, 0.29) is 11.4 Å². The number of rotatable bonds is 5. The number of carbonyl (C=O) groups excluding carboxylic acids is 1. The van der Waals surface area contributed by atoms with Gasteiger partial charge in [0.2, 0.25) is 10.0 Å². The summed E-state index contributed by atoms with van der Waals surface area (Å²) in [5.41, 5.74) is -0.452. The van der Waals surface area contributed by atoms with Gasteiger partial charge in [0.15, 0.2) is 11.6 Å². The summed E-state index contributed by atoms with van der Waals surface area (Å²) in [4.78, 5) is 11.7. The summed E-state index contributed by atoms with van der Waals surface area (Å²) in [7, 11) is -6.67. The number of amides is 1. The molecule has 1 aromatic carbocycles. The van der Waals surface area contributed by atoms with E-state index in [1.54, 1.807) is 4.39 Å². The molecule has 0 aliphatic heterocycles. The zero-order chi connectivity index (χ0) is 21.4. The minimum absolute atomic E-state index is 0.200. The highest BCUT2D eigenvalue weighted by Crippen LogP contribution is 2.24. The lowest BCUT2D eigenvalue weighted by atomic mass is 10.3. The van der Waals surface area contributed by atoms with Crippen LogP contribution in [-0.2, 0) is 17.1 Å². The van der Waals surface area contributed by atoms with Gasteiger partial charge in [0.05, 0.1) is 9.92 Å². The molecule has 153 valence electrons. The summed E-state index contributed by atoms with van der Waals surface area (Å²) in [6, 6.07) is 2.45. The predicted octanol–water partition coefficient (Wildman–Crippen LogP) is 3.21. The number of halogens is 6. The maximum Gasteiger partial charge on any atom is 0.376 e. The Labute approximate surface area is 163 Å². The second-order valence-electron chi connectivity index (χ2n) is 5.61. The third-order valence-corrected chi connectivity index (χ3v) is 7.75. The molecule has 2 aromatic rings. The van der Waals surface area contributed by atoms with Crippen LogP contribution in [0.15, 0.2) is 29.3 Å². The second kappa shape index (κ2) is 7.81. The maximum atomic E-state index is 13.4. The molecule has 0 spiro atoms. The van der Waals surface area contributed by atoms with Gasteiger partial charge in [-0.05, 0) is 18.7 Å². The Morgan fingerprint density at radius 3 is 2.36 bits per heavy atom. The van der Waals surface area contributed by atoms with Crippen molar-refractivity contribution < 1.29 is 35.2 Å². The highest BCUT2D eigenvalue weighted by molar-refractivity contribution is 7.90. The first-order valence-corrected chi connectivity index (χ1v) is 11.1. The fourth-order valence-corrected chi connectivity index (χ4v) is 5.37. The molecule has 0 fully saturated rings. The number of aromatic nitrogens is 1. The Bertz CT molecular complexity index is 1000. The number of nitrogens with one attached hydrogen (secondary N) is 2.